The fourth-order valence-electron chi connectivity index (χ4n) is 3.00. The average molecular weight is 343 g/mol. The van der Waals surface area contributed by atoms with E-state index < -0.39 is 5.41 Å². The van der Waals surface area contributed by atoms with Gasteiger partial charge in [-0.15, -0.1) is 58.0 Å². The summed E-state index contributed by atoms with van der Waals surface area (Å²) < 4.78 is 0. The van der Waals surface area contributed by atoms with Gasteiger partial charge in [0.25, 0.3) is 0 Å². The van der Waals surface area contributed by atoms with E-state index in [1.54, 1.807) is 0 Å². The Labute approximate surface area is 125 Å². The van der Waals surface area contributed by atoms with Crippen molar-refractivity contribution in [3.8, 4) is 0 Å². The molecule has 0 aromatic rings. The Hall–Kier alpha value is 1.48. The zero-order chi connectivity index (χ0) is 12.1. The van der Waals surface area contributed by atoms with Crippen molar-refractivity contribution in [2.45, 2.75) is 16.1 Å². The predicted molar refractivity (Wildman–Crippen MR) is 73.7 cm³/mol. The van der Waals surface area contributed by atoms with Gasteiger partial charge in [-0.25, -0.2) is 0 Å². The van der Waals surface area contributed by atoms with E-state index in [2.05, 4.69) is 0 Å². The van der Waals surface area contributed by atoms with Gasteiger partial charge in [-0.1, -0.05) is 11.6 Å². The van der Waals surface area contributed by atoms with Crippen LogP contribution in [0.5, 0.6) is 0 Å². The first-order valence-corrected chi connectivity index (χ1v) is 7.71. The van der Waals surface area contributed by atoms with Gasteiger partial charge >= 0.3 is 0 Å². The summed E-state index contributed by atoms with van der Waals surface area (Å²) in [5.74, 6) is 0.701. The van der Waals surface area contributed by atoms with Crippen LogP contribution in [0, 0.1) is 17.3 Å². The van der Waals surface area contributed by atoms with Crippen LogP contribution in [0.25, 0.3) is 0 Å². The Morgan fingerprint density at radius 3 is 2.00 bits per heavy atom. The van der Waals surface area contributed by atoms with Crippen LogP contribution < -0.4 is 0 Å². The fourth-order valence-corrected chi connectivity index (χ4v) is 6.15. The molecular formula is C10H10Cl6. The lowest BCUT2D eigenvalue weighted by atomic mass is 9.72. The van der Waals surface area contributed by atoms with Gasteiger partial charge in [0.15, 0.2) is 0 Å². The number of fused-ring (bicyclic) bond motifs is 2. The largest absolute Gasteiger partial charge is 0.126 e. The highest BCUT2D eigenvalue weighted by Crippen LogP contribution is 2.64. The molecule has 0 spiro atoms. The van der Waals surface area contributed by atoms with Crippen molar-refractivity contribution in [1.29, 1.82) is 0 Å². The first-order chi connectivity index (χ1) is 7.55. The summed E-state index contributed by atoms with van der Waals surface area (Å²) in [5, 5.41) is -0.529. The number of halogens is 6. The highest BCUT2D eigenvalue weighted by molar-refractivity contribution is 6.35. The Bertz CT molecular complexity index is 310. The summed E-state index contributed by atoms with van der Waals surface area (Å²) in [4.78, 5) is 0. The second-order valence-electron chi connectivity index (χ2n) is 4.37. The Balaban J connectivity index is 2.50. The minimum atomic E-state index is -0.403. The van der Waals surface area contributed by atoms with E-state index in [-0.39, 0.29) is 28.0 Å². The lowest BCUT2D eigenvalue weighted by molar-refractivity contribution is 0.306. The van der Waals surface area contributed by atoms with Gasteiger partial charge in [0.2, 0.25) is 0 Å². The maximum Gasteiger partial charge on any atom is 0.0583 e. The normalized spacial score (nSPS) is 47.9. The van der Waals surface area contributed by atoms with Crippen LogP contribution in [0.15, 0.2) is 11.1 Å². The van der Waals surface area contributed by atoms with Gasteiger partial charge in [-0.3, -0.25) is 0 Å². The van der Waals surface area contributed by atoms with E-state index in [4.69, 9.17) is 69.6 Å². The molecule has 0 aromatic heterocycles. The third kappa shape index (κ3) is 1.57. The molecule has 2 aliphatic carbocycles. The minimum absolute atomic E-state index is 0.0108. The molecule has 2 fully saturated rings. The zero-order valence-corrected chi connectivity index (χ0v) is 12.7. The molecule has 6 heteroatoms. The Morgan fingerprint density at radius 1 is 1.00 bits per heavy atom. The van der Waals surface area contributed by atoms with Crippen molar-refractivity contribution in [1.82, 2.24) is 0 Å². The predicted octanol–water partition coefficient (Wildman–Crippen LogP) is 4.65. The van der Waals surface area contributed by atoms with Gasteiger partial charge in [-0.2, -0.15) is 0 Å². The van der Waals surface area contributed by atoms with Gasteiger partial charge < -0.3 is 0 Å². The molecule has 2 aliphatic rings. The molecule has 0 radical (unpaired) electrons. The SMILES string of the molecule is Cl/C=C1\[C@H]2C(Cl)[C@H]([C@@H](Cl)[C@@H]2Cl)C1(CCl)CCl. The van der Waals surface area contributed by atoms with E-state index >= 15 is 0 Å². The second-order valence-corrected chi connectivity index (χ2v) is 6.64. The molecule has 16 heavy (non-hydrogen) atoms. The van der Waals surface area contributed by atoms with Crippen molar-refractivity contribution < 1.29 is 0 Å². The van der Waals surface area contributed by atoms with Crippen molar-refractivity contribution in [2.24, 2.45) is 17.3 Å². The monoisotopic (exact) mass is 340 g/mol. The van der Waals surface area contributed by atoms with E-state index in [0.29, 0.717) is 11.8 Å². The van der Waals surface area contributed by atoms with Crippen LogP contribution in [0.3, 0.4) is 0 Å². The lowest BCUT2D eigenvalue weighted by Gasteiger charge is -2.40. The smallest absolute Gasteiger partial charge is 0.0583 e. The minimum Gasteiger partial charge on any atom is -0.126 e. The quantitative estimate of drug-likeness (QED) is 0.640. The third-order valence-corrected chi connectivity index (χ3v) is 6.79. The molecule has 2 rings (SSSR count). The van der Waals surface area contributed by atoms with Crippen molar-refractivity contribution in [3.63, 3.8) is 0 Å². The van der Waals surface area contributed by atoms with E-state index in [9.17, 15) is 0 Å². The van der Waals surface area contributed by atoms with Gasteiger partial charge in [-0.05, 0) is 5.57 Å². The molecule has 92 valence electrons. The van der Waals surface area contributed by atoms with Crippen LogP contribution in [-0.2, 0) is 0 Å². The maximum atomic E-state index is 6.39. The molecule has 0 saturated heterocycles. The molecule has 0 aliphatic heterocycles. The van der Waals surface area contributed by atoms with Gasteiger partial charge in [0.1, 0.15) is 0 Å². The molecule has 0 amide bonds. The van der Waals surface area contributed by atoms with Crippen molar-refractivity contribution in [3.05, 3.63) is 11.1 Å². The van der Waals surface area contributed by atoms with Crippen molar-refractivity contribution in [2.75, 3.05) is 11.8 Å². The van der Waals surface area contributed by atoms with Crippen LogP contribution in [0.4, 0.5) is 0 Å². The van der Waals surface area contributed by atoms with Gasteiger partial charge in [0.05, 0.1) is 10.8 Å². The van der Waals surface area contributed by atoms with E-state index in [1.807, 2.05) is 0 Å². The first kappa shape index (κ1) is 13.9. The number of hydrogen-bond donors (Lipinski definition) is 0. The summed E-state index contributed by atoms with van der Waals surface area (Å²) in [5.41, 5.74) is 2.09. The number of alkyl halides is 5. The molecule has 0 nitrogen and oxygen atoms in total. The molecule has 0 N–H and O–H groups in total. The number of rotatable bonds is 2. The van der Waals surface area contributed by atoms with Crippen LogP contribution >= 0.6 is 69.6 Å². The maximum absolute atomic E-state index is 6.39. The zero-order valence-electron chi connectivity index (χ0n) is 8.15. The van der Waals surface area contributed by atoms with Crippen LogP contribution in [0.2, 0.25) is 0 Å². The van der Waals surface area contributed by atoms with E-state index in [0.717, 1.165) is 5.57 Å². The van der Waals surface area contributed by atoms with Crippen LogP contribution in [-0.4, -0.2) is 27.9 Å². The topological polar surface area (TPSA) is 0 Å². The molecule has 0 aromatic carbocycles. The molecule has 2 bridgehead atoms. The highest BCUT2D eigenvalue weighted by atomic mass is 35.5. The standard InChI is InChI=1S/C10H10Cl6/c11-1-4-5-7(14)6(9(16)8(5)15)10(4,2-12)3-13/h1,5-9H,2-3H2/b4-1+/t5-,6+,7?,8+,9+/m0/s1. The van der Waals surface area contributed by atoms with Crippen LogP contribution in [0.1, 0.15) is 0 Å². The summed E-state index contributed by atoms with van der Waals surface area (Å²) >= 11 is 37.0. The summed E-state index contributed by atoms with van der Waals surface area (Å²) in [6.45, 7) is 0. The Kier molecular flexibility index (Phi) is 4.23. The molecule has 0 heterocycles. The molecule has 1 unspecified atom stereocenters. The van der Waals surface area contributed by atoms with Crippen molar-refractivity contribution >= 4 is 69.6 Å². The average Bonchev–Trinajstić information content (AvgIpc) is 2.66. The van der Waals surface area contributed by atoms with Gasteiger partial charge in [0, 0.05) is 39.9 Å². The summed E-state index contributed by atoms with van der Waals surface area (Å²) in [6, 6.07) is 0. The molecular weight excluding hydrogens is 333 g/mol. The lowest BCUT2D eigenvalue weighted by Crippen LogP contribution is -2.43. The first-order valence-electron chi connectivity index (χ1n) is 4.90. The third-order valence-electron chi connectivity index (χ3n) is 3.84. The molecule has 2 saturated carbocycles. The molecule has 5 atom stereocenters. The second kappa shape index (κ2) is 4.87. The van der Waals surface area contributed by atoms with E-state index in [1.165, 1.54) is 5.54 Å². The Morgan fingerprint density at radius 2 is 1.56 bits per heavy atom. The summed E-state index contributed by atoms with van der Waals surface area (Å²) in [6.07, 6.45) is 0. The summed E-state index contributed by atoms with van der Waals surface area (Å²) in [7, 11) is 0. The number of hydrogen-bond acceptors (Lipinski definition) is 0. The fraction of sp³-hybridized carbons (Fsp3) is 0.800. The number of allylic oxidation sites excluding steroid dienone is 1. The highest BCUT2D eigenvalue weighted by Gasteiger charge is 2.66.